The molecule has 0 saturated heterocycles. The van der Waals surface area contributed by atoms with Crippen molar-refractivity contribution >= 4 is 25.8 Å². The average Bonchev–Trinajstić information content (AvgIpc) is 2.56. The molecule has 5 heteroatoms. The van der Waals surface area contributed by atoms with Gasteiger partial charge in [-0.15, -0.1) is 0 Å². The fraction of sp³-hybridized carbons (Fsp3) is 0.333. The maximum absolute atomic E-state index is 12.2. The zero-order chi connectivity index (χ0) is 16.7. The highest BCUT2D eigenvalue weighted by atomic mass is 79.9. The highest BCUT2D eigenvalue weighted by Crippen LogP contribution is 2.23. The molecule has 0 radical (unpaired) electrons. The van der Waals surface area contributed by atoms with Crippen LogP contribution in [0.2, 0.25) is 0 Å². The lowest BCUT2D eigenvalue weighted by atomic mass is 10.0. The number of halogens is 1. The molecule has 0 aliphatic heterocycles. The Morgan fingerprint density at radius 3 is 2.04 bits per heavy atom. The second kappa shape index (κ2) is 8.62. The Bertz CT molecular complexity index is 707. The van der Waals surface area contributed by atoms with E-state index in [0.717, 1.165) is 22.9 Å². The number of hydrogen-bond donors (Lipinski definition) is 0. The molecule has 3 nitrogen and oxygen atoms in total. The number of alkyl halides is 1. The van der Waals surface area contributed by atoms with Gasteiger partial charge in [0.1, 0.15) is 0 Å². The SMILES string of the molecule is COCCCS(=O)(=O)c1ccc(-c2ccc(CCBr)cc2)cc1. The van der Waals surface area contributed by atoms with Gasteiger partial charge in [-0.2, -0.15) is 0 Å². The van der Waals surface area contributed by atoms with Crippen molar-refractivity contribution in [2.24, 2.45) is 0 Å². The molecule has 2 aromatic rings. The van der Waals surface area contributed by atoms with Gasteiger partial charge in [0.2, 0.25) is 0 Å². The van der Waals surface area contributed by atoms with Gasteiger partial charge >= 0.3 is 0 Å². The van der Waals surface area contributed by atoms with E-state index in [1.165, 1.54) is 5.56 Å². The van der Waals surface area contributed by atoms with Crippen LogP contribution in [0.4, 0.5) is 0 Å². The molecule has 0 bridgehead atoms. The molecule has 0 saturated carbocycles. The minimum Gasteiger partial charge on any atom is -0.385 e. The summed E-state index contributed by atoms with van der Waals surface area (Å²) in [5, 5.41) is 0.946. The molecule has 0 unspecified atom stereocenters. The van der Waals surface area contributed by atoms with Crippen molar-refractivity contribution in [1.29, 1.82) is 0 Å². The molecule has 0 heterocycles. The van der Waals surface area contributed by atoms with E-state index in [0.29, 0.717) is 17.9 Å². The summed E-state index contributed by atoms with van der Waals surface area (Å²) < 4.78 is 29.3. The molecule has 2 aromatic carbocycles. The van der Waals surface area contributed by atoms with Crippen LogP contribution in [-0.4, -0.2) is 33.2 Å². The molecule has 0 atom stereocenters. The lowest BCUT2D eigenvalue weighted by Gasteiger charge is -2.07. The lowest BCUT2D eigenvalue weighted by Crippen LogP contribution is -2.08. The lowest BCUT2D eigenvalue weighted by molar-refractivity contribution is 0.199. The third kappa shape index (κ3) is 5.16. The molecular formula is C18H21BrO3S. The summed E-state index contributed by atoms with van der Waals surface area (Å²) in [5.74, 6) is 0.113. The molecule has 0 aromatic heterocycles. The van der Waals surface area contributed by atoms with Gasteiger partial charge in [0, 0.05) is 19.0 Å². The van der Waals surface area contributed by atoms with Gasteiger partial charge in [-0.3, -0.25) is 0 Å². The molecule has 0 spiro atoms. The summed E-state index contributed by atoms with van der Waals surface area (Å²) in [6, 6.07) is 15.4. The highest BCUT2D eigenvalue weighted by molar-refractivity contribution is 9.09. The number of hydrogen-bond acceptors (Lipinski definition) is 3. The van der Waals surface area contributed by atoms with Gasteiger partial charge < -0.3 is 4.74 Å². The first-order valence-corrected chi connectivity index (χ1v) is 10.3. The van der Waals surface area contributed by atoms with Crippen molar-refractivity contribution in [3.8, 4) is 11.1 Å². The number of methoxy groups -OCH3 is 1. The molecular weight excluding hydrogens is 376 g/mol. The molecule has 124 valence electrons. The maximum Gasteiger partial charge on any atom is 0.178 e. The van der Waals surface area contributed by atoms with Crippen LogP contribution in [0.5, 0.6) is 0 Å². The van der Waals surface area contributed by atoms with Crippen molar-refractivity contribution < 1.29 is 13.2 Å². The molecule has 0 aliphatic rings. The smallest absolute Gasteiger partial charge is 0.178 e. The molecule has 0 fully saturated rings. The summed E-state index contributed by atoms with van der Waals surface area (Å²) in [6.07, 6.45) is 1.51. The maximum atomic E-state index is 12.2. The van der Waals surface area contributed by atoms with E-state index in [1.54, 1.807) is 19.2 Å². The monoisotopic (exact) mass is 396 g/mol. The first-order chi connectivity index (χ1) is 11.1. The van der Waals surface area contributed by atoms with Crippen LogP contribution in [0.3, 0.4) is 0 Å². The highest BCUT2D eigenvalue weighted by Gasteiger charge is 2.13. The minimum atomic E-state index is -3.23. The number of benzene rings is 2. The Morgan fingerprint density at radius 1 is 0.957 bits per heavy atom. The standard InChI is InChI=1S/C18H21BrO3S/c1-22-13-2-14-23(20,21)18-9-7-17(8-10-18)16-5-3-15(4-6-16)11-12-19/h3-10H,2,11-14H2,1H3. The largest absolute Gasteiger partial charge is 0.385 e. The van der Waals surface area contributed by atoms with Crippen molar-refractivity contribution in [2.75, 3.05) is 24.8 Å². The third-order valence-electron chi connectivity index (χ3n) is 3.65. The molecule has 0 aliphatic carbocycles. The van der Waals surface area contributed by atoms with Gasteiger partial charge in [0.25, 0.3) is 0 Å². The van der Waals surface area contributed by atoms with Crippen molar-refractivity contribution in [1.82, 2.24) is 0 Å². The van der Waals surface area contributed by atoms with Gasteiger partial charge in [0.15, 0.2) is 9.84 Å². The summed E-state index contributed by atoms with van der Waals surface area (Å²) in [7, 11) is -1.66. The van der Waals surface area contributed by atoms with Crippen LogP contribution in [0.15, 0.2) is 53.4 Å². The summed E-state index contributed by atoms with van der Waals surface area (Å²) in [4.78, 5) is 0.369. The summed E-state index contributed by atoms with van der Waals surface area (Å²) >= 11 is 3.43. The van der Waals surface area contributed by atoms with Gasteiger partial charge in [-0.25, -0.2) is 8.42 Å². The summed E-state index contributed by atoms with van der Waals surface area (Å²) in [6.45, 7) is 0.456. The molecule has 2 rings (SSSR count). The van der Waals surface area contributed by atoms with Crippen molar-refractivity contribution in [3.05, 3.63) is 54.1 Å². The van der Waals surface area contributed by atoms with Crippen molar-refractivity contribution in [2.45, 2.75) is 17.7 Å². The van der Waals surface area contributed by atoms with Gasteiger partial charge in [-0.05, 0) is 41.7 Å². The van der Waals surface area contributed by atoms with Gasteiger partial charge in [0.05, 0.1) is 10.6 Å². The first kappa shape index (κ1) is 18.2. The Labute approximate surface area is 146 Å². The quantitative estimate of drug-likeness (QED) is 0.498. The van der Waals surface area contributed by atoms with E-state index in [1.807, 2.05) is 12.1 Å². The number of aryl methyl sites for hydroxylation is 1. The fourth-order valence-corrected chi connectivity index (χ4v) is 4.08. The Hall–Kier alpha value is -1.17. The third-order valence-corrected chi connectivity index (χ3v) is 5.86. The average molecular weight is 397 g/mol. The zero-order valence-electron chi connectivity index (χ0n) is 13.2. The number of sulfone groups is 1. The second-order valence-corrected chi connectivity index (χ2v) is 8.23. The first-order valence-electron chi connectivity index (χ1n) is 7.54. The molecule has 0 N–H and O–H groups in total. The van der Waals surface area contributed by atoms with E-state index in [4.69, 9.17) is 4.74 Å². The van der Waals surface area contributed by atoms with Crippen LogP contribution in [0.1, 0.15) is 12.0 Å². The van der Waals surface area contributed by atoms with E-state index < -0.39 is 9.84 Å². The Balaban J connectivity index is 2.12. The Morgan fingerprint density at radius 2 is 1.52 bits per heavy atom. The second-order valence-electron chi connectivity index (χ2n) is 5.33. The minimum absolute atomic E-state index is 0.113. The van der Waals surface area contributed by atoms with Crippen molar-refractivity contribution in [3.63, 3.8) is 0 Å². The van der Waals surface area contributed by atoms with Crippen LogP contribution in [0, 0.1) is 0 Å². The Kier molecular flexibility index (Phi) is 6.81. The molecule has 0 amide bonds. The van der Waals surface area contributed by atoms with E-state index in [9.17, 15) is 8.42 Å². The topological polar surface area (TPSA) is 43.4 Å². The summed E-state index contributed by atoms with van der Waals surface area (Å²) in [5.41, 5.74) is 3.39. The van der Waals surface area contributed by atoms with E-state index >= 15 is 0 Å². The number of rotatable bonds is 8. The van der Waals surface area contributed by atoms with Crippen LogP contribution in [0.25, 0.3) is 11.1 Å². The normalized spacial score (nSPS) is 11.6. The van der Waals surface area contributed by atoms with E-state index in [-0.39, 0.29) is 5.75 Å². The van der Waals surface area contributed by atoms with Crippen LogP contribution < -0.4 is 0 Å². The van der Waals surface area contributed by atoms with E-state index in [2.05, 4.69) is 40.2 Å². The molecule has 23 heavy (non-hydrogen) atoms. The zero-order valence-corrected chi connectivity index (χ0v) is 15.6. The predicted molar refractivity (Wildman–Crippen MR) is 97.9 cm³/mol. The van der Waals surface area contributed by atoms with Gasteiger partial charge in [-0.1, -0.05) is 52.3 Å². The van der Waals surface area contributed by atoms with Crippen LogP contribution in [-0.2, 0) is 21.0 Å². The fourth-order valence-electron chi connectivity index (χ4n) is 2.34. The number of ether oxygens (including phenoxy) is 1. The van der Waals surface area contributed by atoms with Crippen LogP contribution >= 0.6 is 15.9 Å². The predicted octanol–water partition coefficient (Wildman–Crippen LogP) is 4.10.